The number of rotatable bonds is 11. The number of benzene rings is 5. The summed E-state index contributed by atoms with van der Waals surface area (Å²) in [6.07, 6.45) is 4.16. The summed E-state index contributed by atoms with van der Waals surface area (Å²) in [5, 5.41) is 12.6. The predicted molar refractivity (Wildman–Crippen MR) is 193 cm³/mol. The van der Waals surface area contributed by atoms with Gasteiger partial charge in [-0.05, 0) is 58.1 Å². The van der Waals surface area contributed by atoms with Crippen molar-refractivity contribution in [3.05, 3.63) is 166 Å². The normalized spacial score (nSPS) is 18.2. The fourth-order valence-electron chi connectivity index (χ4n) is 6.49. The van der Waals surface area contributed by atoms with E-state index < -0.39 is 11.6 Å². The summed E-state index contributed by atoms with van der Waals surface area (Å²) in [4.78, 5) is 20.3. The molecule has 5 aromatic carbocycles. The van der Waals surface area contributed by atoms with Crippen molar-refractivity contribution >= 4 is 33.8 Å². The van der Waals surface area contributed by atoms with Crippen LogP contribution in [0.1, 0.15) is 52.8 Å². The molecule has 0 bridgehead atoms. The number of halogens is 1. The van der Waals surface area contributed by atoms with Crippen molar-refractivity contribution in [3.8, 4) is 16.9 Å². The van der Waals surface area contributed by atoms with Gasteiger partial charge in [0.05, 0.1) is 12.6 Å². The van der Waals surface area contributed by atoms with Crippen LogP contribution >= 0.6 is 15.9 Å². The lowest BCUT2D eigenvalue weighted by atomic mass is 9.83. The van der Waals surface area contributed by atoms with Gasteiger partial charge in [-0.3, -0.25) is 4.79 Å². The molecule has 7 rings (SSSR count). The Balaban J connectivity index is 1.32. The third kappa shape index (κ3) is 6.19. The molecule has 0 saturated heterocycles. The molecule has 0 radical (unpaired) electrons. The minimum Gasteiger partial charge on any atom is -0.494 e. The van der Waals surface area contributed by atoms with Crippen molar-refractivity contribution in [1.29, 1.82) is 0 Å². The number of amides is 1. The summed E-state index contributed by atoms with van der Waals surface area (Å²) < 4.78 is 13.3. The number of hydrogen-bond donors (Lipinski definition) is 2. The fraction of sp³-hybridized carbons (Fsp3) is 0.171. The van der Waals surface area contributed by atoms with Gasteiger partial charge in [0.1, 0.15) is 5.75 Å². The predicted octanol–water partition coefficient (Wildman–Crippen LogP) is 8.46. The Morgan fingerprint density at radius 1 is 0.833 bits per heavy atom. The van der Waals surface area contributed by atoms with E-state index >= 15 is 4.79 Å². The number of aliphatic hydroxyl groups excluding tert-OH is 1. The average molecular weight is 700 g/mol. The Hall–Kier alpha value is -4.98. The Morgan fingerprint density at radius 3 is 2.12 bits per heavy atom. The molecule has 6 nitrogen and oxygen atoms in total. The summed E-state index contributed by atoms with van der Waals surface area (Å²) in [7, 11) is 0. The van der Waals surface area contributed by atoms with E-state index in [4.69, 9.17) is 19.6 Å². The monoisotopic (exact) mass is 698 g/mol. The topological polar surface area (TPSA) is 80.2 Å². The molecule has 1 aliphatic heterocycles. The Morgan fingerprint density at radius 2 is 1.46 bits per heavy atom. The van der Waals surface area contributed by atoms with Crippen molar-refractivity contribution in [2.75, 3.05) is 13.2 Å². The van der Waals surface area contributed by atoms with Gasteiger partial charge in [-0.1, -0.05) is 125 Å². The zero-order chi connectivity index (χ0) is 32.9. The number of hydrogen-bond acceptors (Lipinski definition) is 5. The second-order valence-corrected chi connectivity index (χ2v) is 12.8. The molecular formula is C41H35BrN2O4. The van der Waals surface area contributed by atoms with Crippen LogP contribution in [0.25, 0.3) is 17.2 Å². The highest BCUT2D eigenvalue weighted by atomic mass is 79.9. The van der Waals surface area contributed by atoms with E-state index in [0.29, 0.717) is 31.1 Å². The van der Waals surface area contributed by atoms with Crippen molar-refractivity contribution in [1.82, 2.24) is 5.32 Å². The van der Waals surface area contributed by atoms with Gasteiger partial charge >= 0.3 is 0 Å². The van der Waals surface area contributed by atoms with Crippen LogP contribution in [-0.4, -0.2) is 35.7 Å². The molecule has 240 valence electrons. The van der Waals surface area contributed by atoms with E-state index in [1.54, 1.807) is 0 Å². The molecule has 2 aliphatic rings. The molecule has 1 amide bonds. The minimum absolute atomic E-state index is 0.0695. The van der Waals surface area contributed by atoms with E-state index in [0.717, 1.165) is 43.4 Å². The number of carbonyl (C=O) groups excluding carboxylic acids is 1. The first kappa shape index (κ1) is 31.6. The third-order valence-corrected chi connectivity index (χ3v) is 9.59. The van der Waals surface area contributed by atoms with Gasteiger partial charge in [0.2, 0.25) is 5.90 Å². The first-order valence-corrected chi connectivity index (χ1v) is 16.9. The van der Waals surface area contributed by atoms with Crippen LogP contribution in [0.4, 0.5) is 0 Å². The molecule has 2 N–H and O–H groups in total. The van der Waals surface area contributed by atoms with Gasteiger partial charge in [0, 0.05) is 35.0 Å². The lowest BCUT2D eigenvalue weighted by molar-refractivity contribution is -0.129. The summed E-state index contributed by atoms with van der Waals surface area (Å²) in [5.74, 6) is 0.839. The maximum absolute atomic E-state index is 15.1. The van der Waals surface area contributed by atoms with Crippen molar-refractivity contribution < 1.29 is 19.4 Å². The van der Waals surface area contributed by atoms with Crippen LogP contribution in [0.3, 0.4) is 0 Å². The molecule has 0 fully saturated rings. The third-order valence-electron chi connectivity index (χ3n) is 8.87. The van der Waals surface area contributed by atoms with Gasteiger partial charge in [-0.2, -0.15) is 0 Å². The highest BCUT2D eigenvalue weighted by Crippen LogP contribution is 2.47. The fourth-order valence-corrected chi connectivity index (χ4v) is 6.98. The number of nitrogens with one attached hydrogen (secondary N) is 1. The number of fused-ring (bicyclic) bond motifs is 3. The zero-order valence-corrected chi connectivity index (χ0v) is 27.8. The first-order chi connectivity index (χ1) is 23.6. The maximum Gasteiger partial charge on any atom is 0.253 e. The number of aliphatic imine (C=N–C) groups is 1. The van der Waals surface area contributed by atoms with Crippen LogP contribution in [-0.2, 0) is 9.53 Å². The average Bonchev–Trinajstić information content (AvgIpc) is 3.66. The molecule has 0 saturated carbocycles. The van der Waals surface area contributed by atoms with E-state index in [-0.39, 0.29) is 18.6 Å². The highest BCUT2D eigenvalue weighted by Gasteiger charge is 2.54. The van der Waals surface area contributed by atoms with Gasteiger partial charge < -0.3 is 19.9 Å². The van der Waals surface area contributed by atoms with Gasteiger partial charge in [0.25, 0.3) is 5.91 Å². The molecule has 0 spiro atoms. The van der Waals surface area contributed by atoms with Crippen LogP contribution in [0.5, 0.6) is 5.75 Å². The molecule has 0 unspecified atom stereocenters. The van der Waals surface area contributed by atoms with Crippen molar-refractivity contribution in [2.24, 2.45) is 4.99 Å². The van der Waals surface area contributed by atoms with Crippen molar-refractivity contribution in [3.63, 3.8) is 0 Å². The number of nitrogens with zero attached hydrogens (tertiary/aromatic N) is 1. The van der Waals surface area contributed by atoms with Crippen LogP contribution in [0.2, 0.25) is 0 Å². The Kier molecular flexibility index (Phi) is 9.23. The standard InChI is InChI=1S/C41H35BrN2O4/c42-36-20-9-8-19-35(36)38-41(25-10-14-28-12-2-1-3-13-28,44-39(48-38)29-21-23-30(24-22-29)47-27-11-26-45)40(46)43-37-33-17-6-4-15-31(33)32-16-5-7-18-34(32)37/h1-10,12-24,37-38,45H,11,25-27H2,(H,43,46)/b14-10+/t38-,41-/m1/s1. The first-order valence-electron chi connectivity index (χ1n) is 16.1. The Labute approximate surface area is 288 Å². The number of carbonyl (C=O) groups is 1. The van der Waals surface area contributed by atoms with Gasteiger partial charge in [0.15, 0.2) is 11.6 Å². The van der Waals surface area contributed by atoms with E-state index in [9.17, 15) is 0 Å². The SMILES string of the molecule is O=C(NC1c2ccccc2-c2ccccc21)[C@]1(C/C=C/c2ccccc2)N=C(c2ccc(OCCCO)cc2)O[C@@H]1c1ccccc1Br. The maximum atomic E-state index is 15.1. The molecule has 1 aliphatic carbocycles. The smallest absolute Gasteiger partial charge is 0.253 e. The molecule has 1 heterocycles. The van der Waals surface area contributed by atoms with Crippen molar-refractivity contribution in [2.45, 2.75) is 30.5 Å². The van der Waals surface area contributed by atoms with Gasteiger partial charge in [-0.25, -0.2) is 4.99 Å². The van der Waals surface area contributed by atoms with E-state index in [2.05, 4.69) is 45.5 Å². The number of aliphatic hydroxyl groups is 1. The lowest BCUT2D eigenvalue weighted by Gasteiger charge is -2.32. The highest BCUT2D eigenvalue weighted by molar-refractivity contribution is 9.10. The molecule has 0 aromatic heterocycles. The zero-order valence-electron chi connectivity index (χ0n) is 26.3. The molecule has 2 atom stereocenters. The van der Waals surface area contributed by atoms with Crippen LogP contribution in [0, 0.1) is 0 Å². The van der Waals surface area contributed by atoms with Crippen LogP contribution in [0.15, 0.2) is 143 Å². The molecular weight excluding hydrogens is 664 g/mol. The second kappa shape index (κ2) is 14.0. The molecule has 5 aromatic rings. The second-order valence-electron chi connectivity index (χ2n) is 11.9. The Bertz CT molecular complexity index is 1930. The summed E-state index contributed by atoms with van der Waals surface area (Å²) >= 11 is 3.74. The summed E-state index contributed by atoms with van der Waals surface area (Å²) in [6.45, 7) is 0.488. The number of ether oxygens (including phenoxy) is 2. The summed E-state index contributed by atoms with van der Waals surface area (Å²) in [6, 6.07) is 41.5. The van der Waals surface area contributed by atoms with Crippen LogP contribution < -0.4 is 10.1 Å². The van der Waals surface area contributed by atoms with E-state index in [1.807, 2.05) is 115 Å². The largest absolute Gasteiger partial charge is 0.494 e. The van der Waals surface area contributed by atoms with E-state index in [1.165, 1.54) is 0 Å². The quantitative estimate of drug-likeness (QED) is 0.136. The summed E-state index contributed by atoms with van der Waals surface area (Å²) in [5.41, 5.74) is 5.60. The molecule has 48 heavy (non-hydrogen) atoms. The molecule has 7 heteroatoms. The lowest BCUT2D eigenvalue weighted by Crippen LogP contribution is -2.49. The minimum atomic E-state index is -1.34. The van der Waals surface area contributed by atoms with Gasteiger partial charge in [-0.15, -0.1) is 0 Å².